The van der Waals surface area contributed by atoms with Crippen molar-refractivity contribution in [3.05, 3.63) is 91.7 Å². The number of esters is 1. The normalized spacial score (nSPS) is 13.9. The first-order valence-electron chi connectivity index (χ1n) is 10.5. The third-order valence-electron chi connectivity index (χ3n) is 5.47. The lowest BCUT2D eigenvalue weighted by Gasteiger charge is -2.13. The predicted molar refractivity (Wildman–Crippen MR) is 134 cm³/mol. The summed E-state index contributed by atoms with van der Waals surface area (Å²) in [4.78, 5) is 19.3. The second kappa shape index (κ2) is 9.56. The zero-order valence-corrected chi connectivity index (χ0v) is 19.8. The summed E-state index contributed by atoms with van der Waals surface area (Å²) in [6.07, 6.45) is 3.76. The number of benzene rings is 2. The first kappa shape index (κ1) is 22.0. The molecule has 7 heteroatoms. The van der Waals surface area contributed by atoms with Crippen LogP contribution in [0, 0.1) is 0 Å². The fourth-order valence-electron chi connectivity index (χ4n) is 4.01. The molecular formula is C26H19Cl2NO3S. The average Bonchev–Trinajstić information content (AvgIpc) is 3.46. The zero-order valence-electron chi connectivity index (χ0n) is 17.5. The van der Waals surface area contributed by atoms with E-state index in [9.17, 15) is 4.79 Å². The number of carbonyl (C=O) groups is 1. The Morgan fingerprint density at radius 2 is 1.94 bits per heavy atom. The molecule has 0 saturated carbocycles. The van der Waals surface area contributed by atoms with Gasteiger partial charge < -0.3 is 9.47 Å². The third-order valence-corrected chi connectivity index (χ3v) is 6.82. The van der Waals surface area contributed by atoms with Gasteiger partial charge in [-0.1, -0.05) is 47.5 Å². The number of hydrogen-bond acceptors (Lipinski definition) is 5. The molecule has 2 aromatic heterocycles. The van der Waals surface area contributed by atoms with Gasteiger partial charge in [0.25, 0.3) is 0 Å². The largest absolute Gasteiger partial charge is 0.488 e. The van der Waals surface area contributed by atoms with Crippen LogP contribution in [0.3, 0.4) is 0 Å². The molecule has 0 fully saturated rings. The molecule has 33 heavy (non-hydrogen) atoms. The summed E-state index contributed by atoms with van der Waals surface area (Å²) in [5.74, 6) is 0.128. The van der Waals surface area contributed by atoms with E-state index in [1.807, 2.05) is 30.3 Å². The van der Waals surface area contributed by atoms with Gasteiger partial charge in [0.15, 0.2) is 0 Å². The summed E-state index contributed by atoms with van der Waals surface area (Å²) in [5.41, 5.74) is 4.36. The molecule has 0 radical (unpaired) electrons. The Bertz CT molecular complexity index is 1370. The molecule has 2 heterocycles. The van der Waals surface area contributed by atoms with Crippen LogP contribution in [-0.2, 0) is 11.2 Å². The van der Waals surface area contributed by atoms with Crippen molar-refractivity contribution < 1.29 is 14.3 Å². The number of halogens is 2. The van der Waals surface area contributed by atoms with Crippen molar-refractivity contribution >= 4 is 63.1 Å². The van der Waals surface area contributed by atoms with Gasteiger partial charge in [-0.3, -0.25) is 0 Å². The highest BCUT2D eigenvalue weighted by Gasteiger charge is 2.27. The molecule has 1 aliphatic carbocycles. The van der Waals surface area contributed by atoms with Crippen molar-refractivity contribution in [2.24, 2.45) is 0 Å². The molecule has 0 atom stereocenters. The number of carbonyl (C=O) groups excluding carboxylic acids is 1. The van der Waals surface area contributed by atoms with Crippen molar-refractivity contribution in [1.82, 2.24) is 4.98 Å². The second-order valence-electron chi connectivity index (χ2n) is 7.58. The lowest BCUT2D eigenvalue weighted by atomic mass is 10.0. The Balaban J connectivity index is 1.39. The van der Waals surface area contributed by atoms with Crippen LogP contribution >= 0.6 is 34.5 Å². The number of fused-ring (bicyclic) bond motifs is 2. The maximum Gasteiger partial charge on any atom is 0.339 e. The van der Waals surface area contributed by atoms with Crippen molar-refractivity contribution in [2.75, 3.05) is 13.2 Å². The Hall–Kier alpha value is -2.86. The summed E-state index contributed by atoms with van der Waals surface area (Å²) >= 11 is 13.7. The Labute approximate surface area is 205 Å². The van der Waals surface area contributed by atoms with E-state index < -0.39 is 0 Å². The minimum absolute atomic E-state index is 0.0983. The smallest absolute Gasteiger partial charge is 0.339 e. The van der Waals surface area contributed by atoms with Crippen LogP contribution in [0.4, 0.5) is 0 Å². The summed E-state index contributed by atoms with van der Waals surface area (Å²) in [5, 5.41) is 3.81. The van der Waals surface area contributed by atoms with E-state index in [4.69, 9.17) is 37.7 Å². The summed E-state index contributed by atoms with van der Waals surface area (Å²) < 4.78 is 11.3. The SMILES string of the molecule is O=C(OCCOc1ccc(Cl)cc1Cl)c1c2c(nc3ccccc13)C(=Cc1cccs1)CC2. The molecule has 0 unspecified atom stereocenters. The topological polar surface area (TPSA) is 48.4 Å². The zero-order chi connectivity index (χ0) is 22.8. The van der Waals surface area contributed by atoms with Crippen molar-refractivity contribution in [1.29, 1.82) is 0 Å². The van der Waals surface area contributed by atoms with Crippen LogP contribution in [0.2, 0.25) is 10.0 Å². The Kier molecular flexibility index (Phi) is 6.36. The molecule has 0 bridgehead atoms. The average molecular weight is 496 g/mol. The third kappa shape index (κ3) is 4.62. The number of nitrogens with zero attached hydrogens (tertiary/aromatic N) is 1. The number of ether oxygens (including phenoxy) is 2. The standard InChI is InChI=1S/C26H19Cl2NO3S/c27-17-8-10-23(21(28)15-17)31-11-12-32-26(30)24-19-5-1-2-6-22(19)29-25-16(7-9-20(24)25)14-18-4-3-13-33-18/h1-6,8,10,13-15H,7,9,11-12H2. The van der Waals surface area contributed by atoms with Gasteiger partial charge >= 0.3 is 5.97 Å². The lowest BCUT2D eigenvalue weighted by Crippen LogP contribution is -2.15. The van der Waals surface area contributed by atoms with Crippen LogP contribution in [-0.4, -0.2) is 24.2 Å². The van der Waals surface area contributed by atoms with Crippen molar-refractivity contribution in [3.63, 3.8) is 0 Å². The van der Waals surface area contributed by atoms with Crippen LogP contribution in [0.15, 0.2) is 60.0 Å². The molecular weight excluding hydrogens is 477 g/mol. The van der Waals surface area contributed by atoms with Gasteiger partial charge in [0.05, 0.1) is 21.8 Å². The second-order valence-corrected chi connectivity index (χ2v) is 9.40. The highest BCUT2D eigenvalue weighted by Crippen LogP contribution is 2.38. The summed E-state index contributed by atoms with van der Waals surface area (Å²) in [6.45, 7) is 0.281. The van der Waals surface area contributed by atoms with Gasteiger partial charge in [0.2, 0.25) is 0 Å². The van der Waals surface area contributed by atoms with Gasteiger partial charge in [-0.05, 0) is 65.8 Å². The highest BCUT2D eigenvalue weighted by molar-refractivity contribution is 7.10. The molecule has 4 aromatic rings. The predicted octanol–water partition coefficient (Wildman–Crippen LogP) is 7.33. The van der Waals surface area contributed by atoms with E-state index in [0.717, 1.165) is 40.6 Å². The number of hydrogen-bond donors (Lipinski definition) is 0. The number of para-hydroxylation sites is 1. The molecule has 4 nitrogen and oxygen atoms in total. The molecule has 0 aliphatic heterocycles. The molecule has 5 rings (SSSR count). The minimum atomic E-state index is -0.368. The van der Waals surface area contributed by atoms with E-state index in [2.05, 4.69) is 17.5 Å². The summed E-state index contributed by atoms with van der Waals surface area (Å²) in [6, 6.07) is 16.8. The number of thiophene rings is 1. The molecule has 0 spiro atoms. The molecule has 0 N–H and O–H groups in total. The first-order valence-corrected chi connectivity index (χ1v) is 12.1. The number of pyridine rings is 1. The number of rotatable bonds is 6. The van der Waals surface area contributed by atoms with Crippen LogP contribution < -0.4 is 4.74 Å². The molecule has 1 aliphatic rings. The maximum atomic E-state index is 13.2. The van der Waals surface area contributed by atoms with E-state index in [-0.39, 0.29) is 19.2 Å². The Morgan fingerprint density at radius 3 is 2.76 bits per heavy atom. The number of aromatic nitrogens is 1. The summed E-state index contributed by atoms with van der Waals surface area (Å²) in [7, 11) is 0. The maximum absolute atomic E-state index is 13.2. The van der Waals surface area contributed by atoms with Crippen LogP contribution in [0.5, 0.6) is 5.75 Å². The molecule has 0 saturated heterocycles. The van der Waals surface area contributed by atoms with Crippen LogP contribution in [0.1, 0.15) is 32.9 Å². The minimum Gasteiger partial charge on any atom is -0.488 e. The van der Waals surface area contributed by atoms with Crippen molar-refractivity contribution in [3.8, 4) is 5.75 Å². The van der Waals surface area contributed by atoms with E-state index in [0.29, 0.717) is 21.4 Å². The molecule has 166 valence electrons. The quantitative estimate of drug-likeness (QED) is 0.207. The number of allylic oxidation sites excluding steroid dienone is 1. The van der Waals surface area contributed by atoms with E-state index in [1.54, 1.807) is 29.5 Å². The Morgan fingerprint density at radius 1 is 1.06 bits per heavy atom. The van der Waals surface area contributed by atoms with E-state index in [1.165, 1.54) is 4.88 Å². The molecule has 2 aromatic carbocycles. The monoisotopic (exact) mass is 495 g/mol. The van der Waals surface area contributed by atoms with Crippen LogP contribution in [0.25, 0.3) is 22.6 Å². The fourth-order valence-corrected chi connectivity index (χ4v) is 5.15. The molecule has 0 amide bonds. The van der Waals surface area contributed by atoms with Gasteiger partial charge in [-0.15, -0.1) is 11.3 Å². The fraction of sp³-hybridized carbons (Fsp3) is 0.154. The van der Waals surface area contributed by atoms with Gasteiger partial charge in [0, 0.05) is 15.3 Å². The lowest BCUT2D eigenvalue weighted by molar-refractivity contribution is 0.0451. The highest BCUT2D eigenvalue weighted by atomic mass is 35.5. The van der Waals surface area contributed by atoms with E-state index >= 15 is 0 Å². The van der Waals surface area contributed by atoms with Gasteiger partial charge in [-0.25, -0.2) is 9.78 Å². The van der Waals surface area contributed by atoms with Gasteiger partial charge in [-0.2, -0.15) is 0 Å². The van der Waals surface area contributed by atoms with Crippen molar-refractivity contribution in [2.45, 2.75) is 12.8 Å². The first-order chi connectivity index (χ1) is 16.1. The van der Waals surface area contributed by atoms with Gasteiger partial charge in [0.1, 0.15) is 19.0 Å².